The van der Waals surface area contributed by atoms with E-state index in [2.05, 4.69) is 4.98 Å². The van der Waals surface area contributed by atoms with Gasteiger partial charge >= 0.3 is 0 Å². The first kappa shape index (κ1) is 8.84. The molecule has 1 heterocycles. The molecule has 14 heavy (non-hydrogen) atoms. The number of aromatic nitrogens is 1. The monoisotopic (exact) mass is 186 g/mol. The number of benzene rings is 1. The van der Waals surface area contributed by atoms with Crippen LogP contribution in [-0.4, -0.2) is 17.3 Å². The van der Waals surface area contributed by atoms with Gasteiger partial charge in [0.1, 0.15) is 0 Å². The van der Waals surface area contributed by atoms with Crippen LogP contribution in [0, 0.1) is 0 Å². The van der Waals surface area contributed by atoms with E-state index in [4.69, 9.17) is 5.73 Å². The Morgan fingerprint density at radius 3 is 2.86 bits per heavy atom. The van der Waals surface area contributed by atoms with E-state index < -0.39 is 0 Å². The first-order valence-corrected chi connectivity index (χ1v) is 4.39. The smallest absolute Gasteiger partial charge is 0.178 e. The average molecular weight is 186 g/mol. The van der Waals surface area contributed by atoms with E-state index in [9.17, 15) is 4.79 Å². The standard InChI is InChI=1S/C11H10N2O/c12-5-11(14)10-7-13-6-8-3-1-2-4-9(8)10/h1-4,6-7H,5,12H2. The second-order valence-corrected chi connectivity index (χ2v) is 3.04. The molecule has 1 aromatic heterocycles. The Morgan fingerprint density at radius 2 is 2.07 bits per heavy atom. The largest absolute Gasteiger partial charge is 0.324 e. The molecule has 2 aromatic rings. The molecule has 0 aliphatic heterocycles. The third-order valence-corrected chi connectivity index (χ3v) is 2.15. The number of ketones is 1. The molecule has 0 amide bonds. The van der Waals surface area contributed by atoms with E-state index in [1.807, 2.05) is 24.3 Å². The Balaban J connectivity index is 2.71. The average Bonchev–Trinajstić information content (AvgIpc) is 2.27. The number of carbonyl (C=O) groups excluding carboxylic acids is 1. The maximum atomic E-state index is 11.5. The Bertz CT molecular complexity index is 474. The van der Waals surface area contributed by atoms with Gasteiger partial charge in [0, 0.05) is 23.3 Å². The summed E-state index contributed by atoms with van der Waals surface area (Å²) in [6.07, 6.45) is 3.31. The van der Waals surface area contributed by atoms with Crippen LogP contribution in [0.5, 0.6) is 0 Å². The number of nitrogens with zero attached hydrogens (tertiary/aromatic N) is 1. The normalized spacial score (nSPS) is 10.4. The Morgan fingerprint density at radius 1 is 1.29 bits per heavy atom. The fraction of sp³-hybridized carbons (Fsp3) is 0.0909. The van der Waals surface area contributed by atoms with Gasteiger partial charge in [0.15, 0.2) is 5.78 Å². The van der Waals surface area contributed by atoms with E-state index in [1.54, 1.807) is 12.4 Å². The van der Waals surface area contributed by atoms with Crippen molar-refractivity contribution < 1.29 is 4.79 Å². The van der Waals surface area contributed by atoms with Gasteiger partial charge in [0.2, 0.25) is 0 Å². The molecule has 0 saturated heterocycles. The molecule has 3 heteroatoms. The fourth-order valence-electron chi connectivity index (χ4n) is 1.45. The minimum absolute atomic E-state index is 0.0235. The maximum Gasteiger partial charge on any atom is 0.178 e. The summed E-state index contributed by atoms with van der Waals surface area (Å²) < 4.78 is 0. The molecule has 0 radical (unpaired) electrons. The van der Waals surface area contributed by atoms with Crippen molar-refractivity contribution in [3.8, 4) is 0 Å². The zero-order valence-electron chi connectivity index (χ0n) is 7.60. The summed E-state index contributed by atoms with van der Waals surface area (Å²) in [6.45, 7) is 0.0235. The van der Waals surface area contributed by atoms with E-state index in [0.717, 1.165) is 10.8 Å². The van der Waals surface area contributed by atoms with E-state index >= 15 is 0 Å². The number of nitrogens with two attached hydrogens (primary N) is 1. The predicted octanol–water partition coefficient (Wildman–Crippen LogP) is 1.38. The van der Waals surface area contributed by atoms with Gasteiger partial charge in [-0.15, -0.1) is 0 Å². The van der Waals surface area contributed by atoms with Crippen molar-refractivity contribution >= 4 is 16.6 Å². The first-order chi connectivity index (χ1) is 6.83. The summed E-state index contributed by atoms with van der Waals surface area (Å²) in [5.41, 5.74) is 5.92. The molecule has 3 nitrogen and oxygen atoms in total. The highest BCUT2D eigenvalue weighted by atomic mass is 16.1. The third-order valence-electron chi connectivity index (χ3n) is 2.15. The predicted molar refractivity (Wildman–Crippen MR) is 55.1 cm³/mol. The van der Waals surface area contributed by atoms with Gasteiger partial charge in [-0.25, -0.2) is 0 Å². The highest BCUT2D eigenvalue weighted by Gasteiger charge is 2.07. The minimum atomic E-state index is -0.0747. The van der Waals surface area contributed by atoms with Gasteiger partial charge in [0.25, 0.3) is 0 Å². The van der Waals surface area contributed by atoms with E-state index in [-0.39, 0.29) is 12.3 Å². The molecule has 70 valence electrons. The lowest BCUT2D eigenvalue weighted by atomic mass is 10.1. The summed E-state index contributed by atoms with van der Waals surface area (Å²) in [5, 5.41) is 1.88. The Labute approximate surface area is 81.6 Å². The molecule has 2 rings (SSSR count). The van der Waals surface area contributed by atoms with Crippen LogP contribution in [0.2, 0.25) is 0 Å². The quantitative estimate of drug-likeness (QED) is 0.721. The molecule has 0 saturated carbocycles. The van der Waals surface area contributed by atoms with Crippen molar-refractivity contribution in [2.45, 2.75) is 0 Å². The first-order valence-electron chi connectivity index (χ1n) is 4.39. The second-order valence-electron chi connectivity index (χ2n) is 3.04. The molecular weight excluding hydrogens is 176 g/mol. The molecule has 1 aromatic carbocycles. The van der Waals surface area contributed by atoms with Crippen molar-refractivity contribution in [1.29, 1.82) is 0 Å². The molecular formula is C11H10N2O. The molecule has 0 aliphatic rings. The number of hydrogen-bond donors (Lipinski definition) is 1. The van der Waals surface area contributed by atoms with Crippen LogP contribution >= 0.6 is 0 Å². The van der Waals surface area contributed by atoms with Crippen LogP contribution in [-0.2, 0) is 0 Å². The number of fused-ring (bicyclic) bond motifs is 1. The molecule has 0 bridgehead atoms. The summed E-state index contributed by atoms with van der Waals surface area (Å²) in [5.74, 6) is -0.0747. The highest BCUT2D eigenvalue weighted by Crippen LogP contribution is 2.16. The SMILES string of the molecule is NCC(=O)c1cncc2ccccc12. The van der Waals surface area contributed by atoms with Crippen LogP contribution in [0.3, 0.4) is 0 Å². The number of hydrogen-bond acceptors (Lipinski definition) is 3. The van der Waals surface area contributed by atoms with Crippen molar-refractivity contribution in [2.75, 3.05) is 6.54 Å². The summed E-state index contributed by atoms with van der Waals surface area (Å²) in [7, 11) is 0. The van der Waals surface area contributed by atoms with Gasteiger partial charge in [-0.3, -0.25) is 9.78 Å². The van der Waals surface area contributed by atoms with Crippen molar-refractivity contribution in [3.05, 3.63) is 42.2 Å². The van der Waals surface area contributed by atoms with Crippen LogP contribution in [0.25, 0.3) is 10.8 Å². The Kier molecular flexibility index (Phi) is 2.24. The number of pyridine rings is 1. The van der Waals surface area contributed by atoms with E-state index in [0.29, 0.717) is 5.56 Å². The van der Waals surface area contributed by atoms with Crippen LogP contribution in [0.15, 0.2) is 36.7 Å². The molecule has 0 unspecified atom stereocenters. The Hall–Kier alpha value is -1.74. The van der Waals surface area contributed by atoms with Gasteiger partial charge < -0.3 is 5.73 Å². The lowest BCUT2D eigenvalue weighted by Gasteiger charge is -2.02. The second kappa shape index (κ2) is 3.55. The molecule has 0 fully saturated rings. The summed E-state index contributed by atoms with van der Waals surface area (Å²) >= 11 is 0. The topological polar surface area (TPSA) is 56.0 Å². The maximum absolute atomic E-state index is 11.5. The van der Waals surface area contributed by atoms with Gasteiger partial charge in [-0.05, 0) is 5.39 Å². The van der Waals surface area contributed by atoms with Gasteiger partial charge in [-0.2, -0.15) is 0 Å². The van der Waals surface area contributed by atoms with Crippen molar-refractivity contribution in [3.63, 3.8) is 0 Å². The third kappa shape index (κ3) is 1.38. The number of Topliss-reactive ketones (excluding diaryl/α,β-unsaturated/α-hetero) is 1. The van der Waals surface area contributed by atoms with Crippen LogP contribution < -0.4 is 5.73 Å². The van der Waals surface area contributed by atoms with Gasteiger partial charge in [0.05, 0.1) is 6.54 Å². The van der Waals surface area contributed by atoms with Gasteiger partial charge in [-0.1, -0.05) is 24.3 Å². The molecule has 0 aliphatic carbocycles. The van der Waals surface area contributed by atoms with Crippen molar-refractivity contribution in [2.24, 2.45) is 5.73 Å². The van der Waals surface area contributed by atoms with E-state index in [1.165, 1.54) is 0 Å². The fourth-order valence-corrected chi connectivity index (χ4v) is 1.45. The minimum Gasteiger partial charge on any atom is -0.324 e. The number of rotatable bonds is 2. The molecule has 2 N–H and O–H groups in total. The lowest BCUT2D eigenvalue weighted by molar-refractivity contribution is 0.100. The van der Waals surface area contributed by atoms with Crippen molar-refractivity contribution in [1.82, 2.24) is 4.98 Å². The van der Waals surface area contributed by atoms with Crippen LogP contribution in [0.1, 0.15) is 10.4 Å². The zero-order valence-corrected chi connectivity index (χ0v) is 7.60. The summed E-state index contributed by atoms with van der Waals surface area (Å²) in [6, 6.07) is 7.64. The van der Waals surface area contributed by atoms with Crippen LogP contribution in [0.4, 0.5) is 0 Å². The highest BCUT2D eigenvalue weighted by molar-refractivity contribution is 6.08. The molecule has 0 atom stereocenters. The lowest BCUT2D eigenvalue weighted by Crippen LogP contribution is -2.14. The zero-order chi connectivity index (χ0) is 9.97. The molecule has 0 spiro atoms. The number of carbonyl (C=O) groups is 1. The summed E-state index contributed by atoms with van der Waals surface area (Å²) in [4.78, 5) is 15.5.